The Bertz CT molecular complexity index is 598. The average molecular weight is 324 g/mol. The Morgan fingerprint density at radius 1 is 1.09 bits per heavy atom. The SMILES string of the molecule is CN(C)c1ccccc1CN(C)[C@@H]1CCCC[C@H]1S(C)(=O)=O. The molecule has 0 spiro atoms. The van der Waals surface area contributed by atoms with Crippen LogP contribution >= 0.6 is 0 Å². The minimum Gasteiger partial charge on any atom is -0.377 e. The van der Waals surface area contributed by atoms with Crippen molar-refractivity contribution < 1.29 is 8.42 Å². The molecule has 0 saturated heterocycles. The Kier molecular flexibility index (Phi) is 5.50. The molecule has 1 saturated carbocycles. The van der Waals surface area contributed by atoms with Crippen molar-refractivity contribution in [1.82, 2.24) is 4.90 Å². The molecule has 1 aliphatic rings. The maximum absolute atomic E-state index is 12.1. The number of sulfone groups is 1. The zero-order valence-electron chi connectivity index (χ0n) is 14.1. The molecule has 2 rings (SSSR count). The molecule has 2 atom stereocenters. The Balaban J connectivity index is 2.19. The first-order valence-electron chi connectivity index (χ1n) is 7.95. The predicted octanol–water partition coefficient (Wildman–Crippen LogP) is 2.54. The fourth-order valence-corrected chi connectivity index (χ4v) is 5.06. The molecule has 124 valence electrons. The van der Waals surface area contributed by atoms with Crippen LogP contribution in [0.5, 0.6) is 0 Å². The largest absolute Gasteiger partial charge is 0.377 e. The van der Waals surface area contributed by atoms with Crippen LogP contribution in [-0.2, 0) is 16.4 Å². The van der Waals surface area contributed by atoms with Gasteiger partial charge in [0.15, 0.2) is 9.84 Å². The molecule has 1 aliphatic carbocycles. The van der Waals surface area contributed by atoms with Crippen LogP contribution in [0.3, 0.4) is 0 Å². The molecule has 0 amide bonds. The molecule has 22 heavy (non-hydrogen) atoms. The van der Waals surface area contributed by atoms with Gasteiger partial charge in [-0.2, -0.15) is 0 Å². The van der Waals surface area contributed by atoms with Gasteiger partial charge in [0, 0.05) is 38.6 Å². The molecule has 0 bridgehead atoms. The van der Waals surface area contributed by atoms with Gasteiger partial charge in [-0.1, -0.05) is 31.0 Å². The molecule has 4 nitrogen and oxygen atoms in total. The Morgan fingerprint density at radius 2 is 1.73 bits per heavy atom. The third-order valence-electron chi connectivity index (χ3n) is 4.68. The van der Waals surface area contributed by atoms with E-state index >= 15 is 0 Å². The highest BCUT2D eigenvalue weighted by molar-refractivity contribution is 7.91. The molecular formula is C17H28N2O2S. The fourth-order valence-electron chi connectivity index (χ4n) is 3.55. The molecule has 0 N–H and O–H groups in total. The van der Waals surface area contributed by atoms with Crippen LogP contribution in [0.15, 0.2) is 24.3 Å². The van der Waals surface area contributed by atoms with Crippen molar-refractivity contribution in [3.05, 3.63) is 29.8 Å². The highest BCUT2D eigenvalue weighted by atomic mass is 32.2. The maximum atomic E-state index is 12.1. The molecule has 0 unspecified atom stereocenters. The van der Waals surface area contributed by atoms with E-state index in [4.69, 9.17) is 0 Å². The van der Waals surface area contributed by atoms with E-state index in [0.29, 0.717) is 0 Å². The van der Waals surface area contributed by atoms with E-state index in [-0.39, 0.29) is 11.3 Å². The van der Waals surface area contributed by atoms with Crippen LogP contribution < -0.4 is 4.90 Å². The zero-order valence-corrected chi connectivity index (χ0v) is 14.9. The van der Waals surface area contributed by atoms with Crippen LogP contribution in [0, 0.1) is 0 Å². The molecule has 5 heteroatoms. The highest BCUT2D eigenvalue weighted by Gasteiger charge is 2.35. The highest BCUT2D eigenvalue weighted by Crippen LogP contribution is 2.29. The van der Waals surface area contributed by atoms with Crippen molar-refractivity contribution >= 4 is 15.5 Å². The average Bonchev–Trinajstić information content (AvgIpc) is 2.46. The summed E-state index contributed by atoms with van der Waals surface area (Å²) in [7, 11) is 3.15. The lowest BCUT2D eigenvalue weighted by atomic mass is 9.93. The van der Waals surface area contributed by atoms with Gasteiger partial charge in [0.05, 0.1) is 5.25 Å². The standard InChI is InChI=1S/C17H28N2O2S/c1-18(2)15-10-6-5-9-14(15)13-19(3)16-11-7-8-12-17(16)22(4,20)21/h5-6,9-10,16-17H,7-8,11-13H2,1-4H3/t16-,17-/m1/s1. The lowest BCUT2D eigenvalue weighted by Gasteiger charge is -2.37. The third kappa shape index (κ3) is 4.02. The first kappa shape index (κ1) is 17.3. The lowest BCUT2D eigenvalue weighted by Crippen LogP contribution is -2.46. The molecule has 0 heterocycles. The monoisotopic (exact) mass is 324 g/mol. The summed E-state index contributed by atoms with van der Waals surface area (Å²) in [5.41, 5.74) is 2.44. The molecule has 0 aromatic heterocycles. The van der Waals surface area contributed by atoms with E-state index in [9.17, 15) is 8.42 Å². The molecule has 0 radical (unpaired) electrons. The van der Waals surface area contributed by atoms with Gasteiger partial charge in [0.1, 0.15) is 0 Å². The molecule has 0 aliphatic heterocycles. The summed E-state index contributed by atoms with van der Waals surface area (Å²) in [6.07, 6.45) is 5.30. The van der Waals surface area contributed by atoms with Gasteiger partial charge < -0.3 is 4.90 Å². The van der Waals surface area contributed by atoms with Crippen LogP contribution in [0.4, 0.5) is 5.69 Å². The number of rotatable bonds is 5. The predicted molar refractivity (Wildman–Crippen MR) is 93.1 cm³/mol. The summed E-state index contributed by atoms with van der Waals surface area (Å²) < 4.78 is 24.2. The van der Waals surface area contributed by atoms with Gasteiger partial charge in [-0.25, -0.2) is 8.42 Å². The minimum atomic E-state index is -2.99. The topological polar surface area (TPSA) is 40.6 Å². The Morgan fingerprint density at radius 3 is 2.36 bits per heavy atom. The normalized spacial score (nSPS) is 22.8. The second kappa shape index (κ2) is 7.01. The van der Waals surface area contributed by atoms with E-state index in [1.807, 2.05) is 26.2 Å². The van der Waals surface area contributed by atoms with Gasteiger partial charge in [0.25, 0.3) is 0 Å². The number of hydrogen-bond acceptors (Lipinski definition) is 4. The smallest absolute Gasteiger partial charge is 0.151 e. The summed E-state index contributed by atoms with van der Waals surface area (Å²) in [5, 5.41) is -0.224. The van der Waals surface area contributed by atoms with Crippen molar-refractivity contribution in [2.75, 3.05) is 32.3 Å². The van der Waals surface area contributed by atoms with E-state index < -0.39 is 9.84 Å². The molecule has 1 aromatic rings. The van der Waals surface area contributed by atoms with E-state index in [1.54, 1.807) is 0 Å². The van der Waals surface area contributed by atoms with Gasteiger partial charge >= 0.3 is 0 Å². The number of hydrogen-bond donors (Lipinski definition) is 0. The van der Waals surface area contributed by atoms with Crippen LogP contribution in [0.1, 0.15) is 31.2 Å². The minimum absolute atomic E-state index is 0.124. The number of nitrogens with zero attached hydrogens (tertiary/aromatic N) is 2. The number of anilines is 1. The maximum Gasteiger partial charge on any atom is 0.151 e. The Labute approximate surface area is 135 Å². The van der Waals surface area contributed by atoms with Crippen LogP contribution in [-0.4, -0.2) is 52.0 Å². The first-order valence-corrected chi connectivity index (χ1v) is 9.90. The summed E-state index contributed by atoms with van der Waals surface area (Å²) in [6, 6.07) is 8.45. The lowest BCUT2D eigenvalue weighted by molar-refractivity contribution is 0.187. The molecular weight excluding hydrogens is 296 g/mol. The van der Waals surface area contributed by atoms with Gasteiger partial charge in [-0.05, 0) is 31.5 Å². The second-order valence-electron chi connectivity index (χ2n) is 6.66. The molecule has 1 aromatic carbocycles. The number of benzene rings is 1. The zero-order chi connectivity index (χ0) is 16.3. The fraction of sp³-hybridized carbons (Fsp3) is 0.647. The summed E-state index contributed by atoms with van der Waals surface area (Å²) in [5.74, 6) is 0. The van der Waals surface area contributed by atoms with Crippen molar-refractivity contribution in [1.29, 1.82) is 0 Å². The summed E-state index contributed by atoms with van der Waals surface area (Å²) in [4.78, 5) is 4.34. The van der Waals surface area contributed by atoms with Crippen LogP contribution in [0.25, 0.3) is 0 Å². The number of para-hydroxylation sites is 1. The van der Waals surface area contributed by atoms with E-state index in [0.717, 1.165) is 32.2 Å². The Hall–Kier alpha value is -1.07. The van der Waals surface area contributed by atoms with E-state index in [1.165, 1.54) is 17.5 Å². The second-order valence-corrected chi connectivity index (χ2v) is 8.92. The quantitative estimate of drug-likeness (QED) is 0.834. The van der Waals surface area contributed by atoms with Crippen molar-refractivity contribution in [3.8, 4) is 0 Å². The van der Waals surface area contributed by atoms with E-state index in [2.05, 4.69) is 29.0 Å². The van der Waals surface area contributed by atoms with Crippen molar-refractivity contribution in [2.24, 2.45) is 0 Å². The molecule has 1 fully saturated rings. The van der Waals surface area contributed by atoms with Gasteiger partial charge in [0.2, 0.25) is 0 Å². The summed E-state index contributed by atoms with van der Waals surface area (Å²) in [6.45, 7) is 0.783. The van der Waals surface area contributed by atoms with Crippen molar-refractivity contribution in [2.45, 2.75) is 43.5 Å². The summed E-state index contributed by atoms with van der Waals surface area (Å²) >= 11 is 0. The van der Waals surface area contributed by atoms with Gasteiger partial charge in [-0.3, -0.25) is 4.90 Å². The third-order valence-corrected chi connectivity index (χ3v) is 6.33. The van der Waals surface area contributed by atoms with Crippen molar-refractivity contribution in [3.63, 3.8) is 0 Å². The van der Waals surface area contributed by atoms with Gasteiger partial charge in [-0.15, -0.1) is 0 Å². The first-order chi connectivity index (χ1) is 10.3. The van der Waals surface area contributed by atoms with Crippen LogP contribution in [0.2, 0.25) is 0 Å².